The van der Waals surface area contributed by atoms with Crippen molar-refractivity contribution in [3.8, 4) is 10.6 Å². The average molecular weight is 478 g/mol. The van der Waals surface area contributed by atoms with Crippen molar-refractivity contribution < 1.29 is 4.79 Å². The first-order chi connectivity index (χ1) is 17.1. The van der Waals surface area contributed by atoms with Crippen molar-refractivity contribution in [3.05, 3.63) is 120 Å². The van der Waals surface area contributed by atoms with E-state index in [2.05, 4.69) is 59.6 Å². The van der Waals surface area contributed by atoms with Gasteiger partial charge in [-0.25, -0.2) is 4.98 Å². The van der Waals surface area contributed by atoms with Gasteiger partial charge in [-0.2, -0.15) is 0 Å². The van der Waals surface area contributed by atoms with Crippen LogP contribution in [0.5, 0.6) is 0 Å². The number of thiazole rings is 1. The summed E-state index contributed by atoms with van der Waals surface area (Å²) in [6, 6.07) is 34.8. The highest BCUT2D eigenvalue weighted by Gasteiger charge is 2.13. The molecule has 5 aromatic rings. The minimum atomic E-state index is -0.0277. The Labute approximate surface area is 209 Å². The minimum absolute atomic E-state index is 0.0277. The number of rotatable bonds is 8. The zero-order valence-corrected chi connectivity index (χ0v) is 20.5. The number of nitrogens with zero attached hydrogens (tertiary/aromatic N) is 2. The summed E-state index contributed by atoms with van der Waals surface area (Å²) in [5.74, 6) is -0.0277. The van der Waals surface area contributed by atoms with Gasteiger partial charge in [0.15, 0.2) is 0 Å². The van der Waals surface area contributed by atoms with Gasteiger partial charge in [-0.05, 0) is 60.0 Å². The number of fused-ring (bicyclic) bond motifs is 1. The van der Waals surface area contributed by atoms with Crippen LogP contribution in [0.2, 0.25) is 0 Å². The molecule has 0 saturated heterocycles. The number of amides is 1. The summed E-state index contributed by atoms with van der Waals surface area (Å²) < 4.78 is 1.19. The van der Waals surface area contributed by atoms with Crippen LogP contribution in [-0.2, 0) is 17.9 Å². The van der Waals surface area contributed by atoms with E-state index in [0.717, 1.165) is 21.8 Å². The lowest BCUT2D eigenvalue weighted by Crippen LogP contribution is -2.32. The number of benzene rings is 4. The quantitative estimate of drug-likeness (QED) is 0.264. The second kappa shape index (κ2) is 10.6. The highest BCUT2D eigenvalue weighted by Crippen LogP contribution is 2.31. The third-order valence-electron chi connectivity index (χ3n) is 5.82. The second-order valence-corrected chi connectivity index (χ2v) is 9.76. The molecule has 5 rings (SSSR count). The van der Waals surface area contributed by atoms with E-state index in [-0.39, 0.29) is 5.91 Å². The zero-order valence-electron chi connectivity index (χ0n) is 19.6. The molecule has 0 aliphatic carbocycles. The SMILES string of the molecule is Cc1ccc2nc(-c3ccc(NC(=O)CN(Cc4ccccc4)Cc4ccccc4)cc3)sc2c1. The van der Waals surface area contributed by atoms with Gasteiger partial charge < -0.3 is 5.32 Å². The van der Waals surface area contributed by atoms with Crippen molar-refractivity contribution in [2.24, 2.45) is 0 Å². The molecule has 1 aromatic heterocycles. The number of carbonyl (C=O) groups excluding carboxylic acids is 1. The summed E-state index contributed by atoms with van der Waals surface area (Å²) >= 11 is 1.69. The topological polar surface area (TPSA) is 45.2 Å². The van der Waals surface area contributed by atoms with E-state index in [9.17, 15) is 4.79 Å². The smallest absolute Gasteiger partial charge is 0.238 e. The van der Waals surface area contributed by atoms with Gasteiger partial charge in [0.2, 0.25) is 5.91 Å². The molecular formula is C30H27N3OS. The number of aromatic nitrogens is 1. The Morgan fingerprint density at radius 2 is 1.46 bits per heavy atom. The molecule has 0 aliphatic heterocycles. The molecule has 5 heteroatoms. The monoisotopic (exact) mass is 477 g/mol. The number of hydrogen-bond donors (Lipinski definition) is 1. The van der Waals surface area contributed by atoms with Crippen LogP contribution >= 0.6 is 11.3 Å². The van der Waals surface area contributed by atoms with E-state index in [1.54, 1.807) is 11.3 Å². The fraction of sp³-hybridized carbons (Fsp3) is 0.133. The summed E-state index contributed by atoms with van der Waals surface area (Å²) in [4.78, 5) is 19.9. The molecule has 0 bridgehead atoms. The Bertz CT molecular complexity index is 1370. The molecule has 174 valence electrons. The first-order valence-electron chi connectivity index (χ1n) is 11.7. The van der Waals surface area contributed by atoms with Crippen molar-refractivity contribution in [2.45, 2.75) is 20.0 Å². The minimum Gasteiger partial charge on any atom is -0.325 e. The summed E-state index contributed by atoms with van der Waals surface area (Å²) in [6.45, 7) is 3.82. The van der Waals surface area contributed by atoms with Gasteiger partial charge in [0.05, 0.1) is 16.8 Å². The molecule has 0 spiro atoms. The van der Waals surface area contributed by atoms with Crippen LogP contribution < -0.4 is 5.32 Å². The first kappa shape index (κ1) is 23.0. The van der Waals surface area contributed by atoms with E-state index in [1.165, 1.54) is 21.4 Å². The molecule has 1 N–H and O–H groups in total. The highest BCUT2D eigenvalue weighted by molar-refractivity contribution is 7.21. The van der Waals surface area contributed by atoms with Gasteiger partial charge >= 0.3 is 0 Å². The van der Waals surface area contributed by atoms with Crippen molar-refractivity contribution in [1.29, 1.82) is 0 Å². The lowest BCUT2D eigenvalue weighted by atomic mass is 10.1. The van der Waals surface area contributed by atoms with Crippen LogP contribution in [0.15, 0.2) is 103 Å². The Balaban J connectivity index is 1.26. The third-order valence-corrected chi connectivity index (χ3v) is 6.89. The first-order valence-corrected chi connectivity index (χ1v) is 12.5. The molecule has 1 amide bonds. The second-order valence-electron chi connectivity index (χ2n) is 8.73. The fourth-order valence-electron chi connectivity index (χ4n) is 4.11. The maximum absolute atomic E-state index is 12.9. The van der Waals surface area contributed by atoms with Crippen LogP contribution in [0.4, 0.5) is 5.69 Å². The highest BCUT2D eigenvalue weighted by atomic mass is 32.1. The van der Waals surface area contributed by atoms with Crippen molar-refractivity contribution >= 4 is 33.1 Å². The van der Waals surface area contributed by atoms with Crippen molar-refractivity contribution in [3.63, 3.8) is 0 Å². The van der Waals surface area contributed by atoms with E-state index < -0.39 is 0 Å². The van der Waals surface area contributed by atoms with Crippen LogP contribution in [0.3, 0.4) is 0 Å². The molecule has 4 nitrogen and oxygen atoms in total. The van der Waals surface area contributed by atoms with Crippen molar-refractivity contribution in [1.82, 2.24) is 9.88 Å². The van der Waals surface area contributed by atoms with Crippen LogP contribution in [0.25, 0.3) is 20.8 Å². The van der Waals surface area contributed by atoms with E-state index in [1.807, 2.05) is 60.7 Å². The molecular weight excluding hydrogens is 450 g/mol. The average Bonchev–Trinajstić information content (AvgIpc) is 3.29. The van der Waals surface area contributed by atoms with E-state index in [0.29, 0.717) is 19.6 Å². The van der Waals surface area contributed by atoms with Gasteiger partial charge in [0.25, 0.3) is 0 Å². The Kier molecular flexibility index (Phi) is 6.98. The van der Waals surface area contributed by atoms with Gasteiger partial charge in [-0.1, -0.05) is 66.7 Å². The van der Waals surface area contributed by atoms with Gasteiger partial charge in [-0.3, -0.25) is 9.69 Å². The van der Waals surface area contributed by atoms with Gasteiger partial charge in [-0.15, -0.1) is 11.3 Å². The lowest BCUT2D eigenvalue weighted by Gasteiger charge is -2.22. The summed E-state index contributed by atoms with van der Waals surface area (Å²) in [7, 11) is 0. The van der Waals surface area contributed by atoms with E-state index >= 15 is 0 Å². The number of hydrogen-bond acceptors (Lipinski definition) is 4. The Morgan fingerprint density at radius 1 is 0.829 bits per heavy atom. The van der Waals surface area contributed by atoms with Gasteiger partial charge in [0.1, 0.15) is 5.01 Å². The number of carbonyl (C=O) groups is 1. The molecule has 0 atom stereocenters. The molecule has 35 heavy (non-hydrogen) atoms. The fourth-order valence-corrected chi connectivity index (χ4v) is 5.18. The maximum atomic E-state index is 12.9. The molecule has 0 saturated carbocycles. The third kappa shape index (κ3) is 6.01. The van der Waals surface area contributed by atoms with Crippen LogP contribution in [0.1, 0.15) is 16.7 Å². The Hall–Kier alpha value is -3.80. The number of anilines is 1. The van der Waals surface area contributed by atoms with Crippen LogP contribution in [0, 0.1) is 6.92 Å². The summed E-state index contributed by atoms with van der Waals surface area (Å²) in [5.41, 5.74) is 6.47. The molecule has 0 fully saturated rings. The predicted molar refractivity (Wildman–Crippen MR) is 145 cm³/mol. The van der Waals surface area contributed by atoms with Crippen molar-refractivity contribution in [2.75, 3.05) is 11.9 Å². The van der Waals surface area contributed by atoms with E-state index in [4.69, 9.17) is 4.98 Å². The molecule has 0 aliphatic rings. The number of nitrogens with one attached hydrogen (secondary N) is 1. The predicted octanol–water partition coefficient (Wildman–Crippen LogP) is 6.91. The van der Waals surface area contributed by atoms with Gasteiger partial charge in [0, 0.05) is 24.3 Å². The molecule has 4 aromatic carbocycles. The summed E-state index contributed by atoms with van der Waals surface area (Å²) in [5, 5.41) is 4.05. The number of aryl methyl sites for hydroxylation is 1. The lowest BCUT2D eigenvalue weighted by molar-refractivity contribution is -0.117. The zero-order chi connectivity index (χ0) is 24.0. The molecule has 0 unspecified atom stereocenters. The normalized spacial score (nSPS) is 11.1. The maximum Gasteiger partial charge on any atom is 0.238 e. The van der Waals surface area contributed by atoms with Crippen LogP contribution in [-0.4, -0.2) is 22.3 Å². The Morgan fingerprint density at radius 3 is 2.09 bits per heavy atom. The molecule has 0 radical (unpaired) electrons. The summed E-state index contributed by atoms with van der Waals surface area (Å²) in [6.07, 6.45) is 0. The standard InChI is InChI=1S/C30H27N3OS/c1-22-12-17-27-28(18-22)35-30(32-27)25-13-15-26(16-14-25)31-29(34)21-33(19-23-8-4-2-5-9-23)20-24-10-6-3-7-11-24/h2-18H,19-21H2,1H3,(H,31,34). The largest absolute Gasteiger partial charge is 0.325 e. The molecule has 1 heterocycles.